The molecule has 1 fully saturated rings. The van der Waals surface area contributed by atoms with Gasteiger partial charge in [-0.05, 0) is 85.6 Å². The van der Waals surface area contributed by atoms with Gasteiger partial charge in [0.2, 0.25) is 0 Å². The molecule has 5 rings (SSSR count). The number of aromatic nitrogens is 2. The average Bonchev–Trinajstić information content (AvgIpc) is 3.46. The maximum Gasteiger partial charge on any atom is 0.137 e. The number of aromatic amines is 1. The molecule has 0 amide bonds. The van der Waals surface area contributed by atoms with E-state index >= 15 is 0 Å². The van der Waals surface area contributed by atoms with Gasteiger partial charge in [0.1, 0.15) is 11.5 Å². The van der Waals surface area contributed by atoms with Crippen molar-refractivity contribution in [1.82, 2.24) is 9.97 Å². The van der Waals surface area contributed by atoms with Gasteiger partial charge in [-0.15, -0.1) is 0 Å². The third-order valence-corrected chi connectivity index (χ3v) is 6.19. The predicted octanol–water partition coefficient (Wildman–Crippen LogP) is 6.01. The van der Waals surface area contributed by atoms with Crippen molar-refractivity contribution in [3.05, 3.63) is 65.7 Å². The van der Waals surface area contributed by atoms with Crippen molar-refractivity contribution >= 4 is 28.5 Å². The Morgan fingerprint density at radius 1 is 1.10 bits per heavy atom. The number of hydrogen-bond acceptors (Lipinski definition) is 3. The standard InChI is InChI=1S/C25H26FN3O/c26-19-8-6-18(7-9-19)24-23(21-10-12-27-25-22(21)11-13-28-25)15-17(16-29-24)3-1-4-20-5-2-14-30-20/h6-13,16-17,20H,1-5,14-15H2,(H,27,28). The van der Waals surface area contributed by atoms with Gasteiger partial charge in [-0.25, -0.2) is 9.37 Å². The summed E-state index contributed by atoms with van der Waals surface area (Å²) in [5, 5.41) is 1.10. The van der Waals surface area contributed by atoms with Crippen LogP contribution >= 0.6 is 0 Å². The molecule has 2 aliphatic rings. The van der Waals surface area contributed by atoms with Crippen LogP contribution < -0.4 is 0 Å². The number of pyridine rings is 1. The summed E-state index contributed by atoms with van der Waals surface area (Å²) in [5.74, 6) is 0.164. The molecule has 2 atom stereocenters. The van der Waals surface area contributed by atoms with Crippen molar-refractivity contribution in [3.8, 4) is 0 Å². The fraction of sp³-hybridized carbons (Fsp3) is 0.360. The number of rotatable bonds is 6. The molecule has 2 unspecified atom stereocenters. The lowest BCUT2D eigenvalue weighted by atomic mass is 9.86. The monoisotopic (exact) mass is 403 g/mol. The van der Waals surface area contributed by atoms with E-state index in [0.717, 1.165) is 60.1 Å². The van der Waals surface area contributed by atoms with Crippen LogP contribution in [-0.4, -0.2) is 28.9 Å². The zero-order valence-corrected chi connectivity index (χ0v) is 17.0. The van der Waals surface area contributed by atoms with Gasteiger partial charge in [0.15, 0.2) is 0 Å². The Hall–Kier alpha value is -2.79. The zero-order valence-electron chi connectivity index (χ0n) is 17.0. The van der Waals surface area contributed by atoms with Crippen LogP contribution in [0.5, 0.6) is 0 Å². The zero-order chi connectivity index (χ0) is 20.3. The molecular weight excluding hydrogens is 377 g/mol. The lowest BCUT2D eigenvalue weighted by Gasteiger charge is -2.23. The molecule has 1 aromatic carbocycles. The molecule has 4 heterocycles. The summed E-state index contributed by atoms with van der Waals surface area (Å²) in [6, 6.07) is 10.8. The van der Waals surface area contributed by atoms with E-state index in [9.17, 15) is 4.39 Å². The number of allylic oxidation sites excluding steroid dienone is 1. The molecule has 0 saturated carbocycles. The Bertz CT molecular complexity index is 1080. The smallest absolute Gasteiger partial charge is 0.137 e. The highest BCUT2D eigenvalue weighted by atomic mass is 19.1. The number of nitrogens with one attached hydrogen (secondary N) is 1. The van der Waals surface area contributed by atoms with Crippen molar-refractivity contribution in [1.29, 1.82) is 0 Å². The largest absolute Gasteiger partial charge is 0.378 e. The topological polar surface area (TPSA) is 50.3 Å². The molecule has 4 nitrogen and oxygen atoms in total. The van der Waals surface area contributed by atoms with Crippen LogP contribution in [0.3, 0.4) is 0 Å². The van der Waals surface area contributed by atoms with Gasteiger partial charge in [-0.2, -0.15) is 0 Å². The van der Waals surface area contributed by atoms with Crippen LogP contribution in [0.15, 0.2) is 53.8 Å². The van der Waals surface area contributed by atoms with Crippen molar-refractivity contribution < 1.29 is 9.13 Å². The van der Waals surface area contributed by atoms with E-state index < -0.39 is 0 Å². The minimum absolute atomic E-state index is 0.232. The molecule has 0 spiro atoms. The van der Waals surface area contributed by atoms with Gasteiger partial charge in [0.05, 0.1) is 11.8 Å². The molecule has 0 bridgehead atoms. The minimum Gasteiger partial charge on any atom is -0.378 e. The minimum atomic E-state index is -0.232. The number of H-pyrrole nitrogens is 1. The number of benzene rings is 1. The van der Waals surface area contributed by atoms with Crippen molar-refractivity contribution in [3.63, 3.8) is 0 Å². The number of halogens is 1. The van der Waals surface area contributed by atoms with E-state index in [1.165, 1.54) is 30.5 Å². The lowest BCUT2D eigenvalue weighted by Crippen LogP contribution is -2.12. The third kappa shape index (κ3) is 3.94. The van der Waals surface area contributed by atoms with Crippen molar-refractivity contribution in [2.24, 2.45) is 10.9 Å². The van der Waals surface area contributed by atoms with E-state index in [1.54, 1.807) is 0 Å². The summed E-state index contributed by atoms with van der Waals surface area (Å²) < 4.78 is 19.3. The van der Waals surface area contributed by atoms with Crippen LogP contribution in [0.25, 0.3) is 22.3 Å². The molecule has 154 valence electrons. The van der Waals surface area contributed by atoms with Gasteiger partial charge in [0.25, 0.3) is 0 Å². The number of hydrogen-bond donors (Lipinski definition) is 1. The first kappa shape index (κ1) is 19.2. The summed E-state index contributed by atoms with van der Waals surface area (Å²) in [4.78, 5) is 12.5. The van der Waals surface area contributed by atoms with E-state index in [0.29, 0.717) is 12.0 Å². The molecule has 1 saturated heterocycles. The van der Waals surface area contributed by atoms with Gasteiger partial charge in [0, 0.05) is 36.2 Å². The third-order valence-electron chi connectivity index (χ3n) is 6.19. The fourth-order valence-corrected chi connectivity index (χ4v) is 4.64. The first-order valence-corrected chi connectivity index (χ1v) is 10.9. The Morgan fingerprint density at radius 2 is 2.00 bits per heavy atom. The number of fused-ring (bicyclic) bond motifs is 1. The number of aliphatic imine (C=N–C) groups is 1. The van der Waals surface area contributed by atoms with Crippen LogP contribution in [0.1, 0.15) is 49.7 Å². The van der Waals surface area contributed by atoms with Crippen LogP contribution in [-0.2, 0) is 4.74 Å². The quantitative estimate of drug-likeness (QED) is 0.548. The first-order valence-electron chi connectivity index (χ1n) is 10.9. The Morgan fingerprint density at radius 3 is 2.83 bits per heavy atom. The van der Waals surface area contributed by atoms with E-state index in [2.05, 4.69) is 28.3 Å². The maximum atomic E-state index is 13.5. The molecule has 0 aliphatic carbocycles. The summed E-state index contributed by atoms with van der Waals surface area (Å²) in [6.07, 6.45) is 13.0. The van der Waals surface area contributed by atoms with Gasteiger partial charge < -0.3 is 9.72 Å². The van der Waals surface area contributed by atoms with E-state index in [-0.39, 0.29) is 5.82 Å². The fourth-order valence-electron chi connectivity index (χ4n) is 4.64. The SMILES string of the molecule is Fc1ccc(C2=C(c3ccnc4[nH]ccc34)CC(CCCC3CCCO3)C=N2)cc1. The molecule has 5 heteroatoms. The summed E-state index contributed by atoms with van der Waals surface area (Å²) >= 11 is 0. The van der Waals surface area contributed by atoms with E-state index in [1.807, 2.05) is 24.5 Å². The molecule has 2 aliphatic heterocycles. The summed E-state index contributed by atoms with van der Waals surface area (Å²) in [6.45, 7) is 0.915. The van der Waals surface area contributed by atoms with Gasteiger partial charge >= 0.3 is 0 Å². The molecule has 3 aromatic rings. The Balaban J connectivity index is 1.44. The lowest BCUT2D eigenvalue weighted by molar-refractivity contribution is 0.101. The second kappa shape index (κ2) is 8.52. The first-order chi connectivity index (χ1) is 14.8. The van der Waals surface area contributed by atoms with Gasteiger partial charge in [-0.1, -0.05) is 6.42 Å². The Kier molecular flexibility index (Phi) is 5.45. The maximum absolute atomic E-state index is 13.5. The highest BCUT2D eigenvalue weighted by molar-refractivity contribution is 6.02. The highest BCUT2D eigenvalue weighted by Crippen LogP contribution is 2.39. The average molecular weight is 404 g/mol. The predicted molar refractivity (Wildman–Crippen MR) is 119 cm³/mol. The van der Waals surface area contributed by atoms with Crippen LogP contribution in [0.4, 0.5) is 4.39 Å². The highest BCUT2D eigenvalue weighted by Gasteiger charge is 2.23. The molecule has 30 heavy (non-hydrogen) atoms. The summed E-state index contributed by atoms with van der Waals surface area (Å²) in [7, 11) is 0. The second-order valence-electron chi connectivity index (χ2n) is 8.24. The van der Waals surface area contributed by atoms with Crippen LogP contribution in [0, 0.1) is 11.7 Å². The second-order valence-corrected chi connectivity index (χ2v) is 8.24. The van der Waals surface area contributed by atoms with Crippen LogP contribution in [0.2, 0.25) is 0 Å². The van der Waals surface area contributed by atoms with Crippen molar-refractivity contribution in [2.75, 3.05) is 6.61 Å². The van der Waals surface area contributed by atoms with Crippen molar-refractivity contribution in [2.45, 2.75) is 44.6 Å². The molecule has 1 N–H and O–H groups in total. The molecular formula is C25H26FN3O. The molecule has 0 radical (unpaired) electrons. The normalized spacial score (nSPS) is 21.6. The molecule has 2 aromatic heterocycles. The number of ether oxygens (including phenoxy) is 1. The summed E-state index contributed by atoms with van der Waals surface area (Å²) in [5.41, 5.74) is 5.11. The van der Waals surface area contributed by atoms with E-state index in [4.69, 9.17) is 9.73 Å². The van der Waals surface area contributed by atoms with Gasteiger partial charge in [-0.3, -0.25) is 4.99 Å². The number of nitrogens with zero attached hydrogens (tertiary/aromatic N) is 2. The Labute approximate surface area is 175 Å².